The Morgan fingerprint density at radius 3 is 1.84 bits per heavy atom. The number of fused-ring (bicyclic) bond motifs is 2. The summed E-state index contributed by atoms with van der Waals surface area (Å²) in [5.74, 6) is -1.65. The lowest BCUT2D eigenvalue weighted by Crippen LogP contribution is -2.14. The van der Waals surface area contributed by atoms with E-state index in [0.29, 0.717) is 40.0 Å². The second-order valence-corrected chi connectivity index (χ2v) is 11.8. The van der Waals surface area contributed by atoms with Crippen LogP contribution in [-0.4, -0.2) is 32.2 Å². The molecule has 0 fully saturated rings. The summed E-state index contributed by atoms with van der Waals surface area (Å²) in [7, 11) is 0. The third-order valence-corrected chi connectivity index (χ3v) is 6.84. The molecule has 0 aliphatic rings. The Balaban J connectivity index is 0.000000246. The molecule has 0 radical (unpaired) electrons. The first-order valence-corrected chi connectivity index (χ1v) is 15.1. The molecule has 10 nitrogen and oxygen atoms in total. The van der Waals surface area contributed by atoms with Crippen LogP contribution in [0.15, 0.2) is 70.3 Å². The van der Waals surface area contributed by atoms with E-state index in [0.717, 1.165) is 0 Å². The Hall–Kier alpha value is -5.68. The first-order valence-electron chi connectivity index (χ1n) is 15.1. The number of benzene rings is 3. The molecule has 13 heteroatoms. The van der Waals surface area contributed by atoms with E-state index < -0.39 is 11.6 Å². The second kappa shape index (κ2) is 18.0. The minimum atomic E-state index is -0.534. The molecule has 0 spiro atoms. The van der Waals surface area contributed by atoms with Crippen molar-refractivity contribution in [1.29, 1.82) is 0 Å². The molecule has 5 rings (SSSR count). The van der Waals surface area contributed by atoms with Crippen molar-refractivity contribution in [3.63, 3.8) is 0 Å². The first-order chi connectivity index (χ1) is 23.0. The fourth-order valence-corrected chi connectivity index (χ4v) is 4.79. The Kier molecular flexibility index (Phi) is 14.5. The van der Waals surface area contributed by atoms with Crippen LogP contribution in [0, 0.1) is 23.4 Å². The van der Waals surface area contributed by atoms with Gasteiger partial charge in [0, 0.05) is 17.5 Å². The van der Waals surface area contributed by atoms with Crippen molar-refractivity contribution in [1.82, 2.24) is 9.97 Å². The molecule has 0 atom stereocenters. The van der Waals surface area contributed by atoms with Gasteiger partial charge in [-0.25, -0.2) is 13.2 Å². The van der Waals surface area contributed by atoms with Crippen LogP contribution in [0.3, 0.4) is 0 Å². The lowest BCUT2D eigenvalue weighted by molar-refractivity contribution is -0.191. The highest BCUT2D eigenvalue weighted by Gasteiger charge is 2.17. The van der Waals surface area contributed by atoms with Crippen LogP contribution in [0.25, 0.3) is 21.8 Å². The minimum absolute atomic E-state index is 0.0613. The maximum absolute atomic E-state index is 13.5. The average molecular weight is 682 g/mol. The molecule has 0 saturated carbocycles. The van der Waals surface area contributed by atoms with Gasteiger partial charge < -0.3 is 25.5 Å². The van der Waals surface area contributed by atoms with Gasteiger partial charge in [0.25, 0.3) is 11.1 Å². The van der Waals surface area contributed by atoms with Crippen LogP contribution in [0.1, 0.15) is 70.9 Å². The van der Waals surface area contributed by atoms with Crippen molar-refractivity contribution in [3.05, 3.63) is 110 Å². The SMILES string of the molecule is CC(C)CC(=O)Nc1cccc(F)c1.CC(C)c1c(O)c2c(F)cccc2[nH]c1=O.CC(C)c1c(O)c2ccc(F)cc2[nH]c1=O.O=C=O. The maximum Gasteiger partial charge on any atom is 0.373 e. The van der Waals surface area contributed by atoms with Crippen molar-refractivity contribution >= 4 is 39.6 Å². The fourth-order valence-electron chi connectivity index (χ4n) is 4.79. The van der Waals surface area contributed by atoms with Crippen LogP contribution in [0.2, 0.25) is 0 Å². The molecule has 5 N–H and O–H groups in total. The third kappa shape index (κ3) is 10.9. The molecule has 0 saturated heterocycles. The smallest absolute Gasteiger partial charge is 0.373 e. The first kappa shape index (κ1) is 39.5. The zero-order valence-electron chi connectivity index (χ0n) is 27.8. The molecule has 2 aromatic heterocycles. The van der Waals surface area contributed by atoms with Gasteiger partial charge in [-0.15, -0.1) is 0 Å². The van der Waals surface area contributed by atoms with Gasteiger partial charge in [-0.05, 0) is 66.3 Å². The van der Waals surface area contributed by atoms with Gasteiger partial charge in [-0.2, -0.15) is 9.59 Å². The molecule has 0 bridgehead atoms. The van der Waals surface area contributed by atoms with Gasteiger partial charge in [0.15, 0.2) is 0 Å². The van der Waals surface area contributed by atoms with E-state index in [1.165, 1.54) is 42.5 Å². The van der Waals surface area contributed by atoms with Gasteiger partial charge >= 0.3 is 6.15 Å². The number of amides is 1. The molecule has 49 heavy (non-hydrogen) atoms. The summed E-state index contributed by atoms with van der Waals surface area (Å²) in [4.78, 5) is 56.0. The lowest BCUT2D eigenvalue weighted by Gasteiger charge is -2.10. The van der Waals surface area contributed by atoms with Crippen molar-refractivity contribution in [3.8, 4) is 11.5 Å². The predicted octanol–water partition coefficient (Wildman–Crippen LogP) is 7.22. The normalized spacial score (nSPS) is 10.4. The van der Waals surface area contributed by atoms with E-state index in [-0.39, 0.29) is 63.3 Å². The van der Waals surface area contributed by atoms with Crippen molar-refractivity contribution in [2.24, 2.45) is 5.92 Å². The number of carbonyl (C=O) groups is 1. The number of H-pyrrole nitrogens is 2. The number of hydrogen-bond acceptors (Lipinski definition) is 7. The van der Waals surface area contributed by atoms with E-state index in [9.17, 15) is 37.8 Å². The molecule has 3 aromatic carbocycles. The van der Waals surface area contributed by atoms with E-state index in [1.54, 1.807) is 32.0 Å². The minimum Gasteiger partial charge on any atom is -0.507 e. The number of anilines is 1. The van der Waals surface area contributed by atoms with Gasteiger partial charge in [0.1, 0.15) is 29.0 Å². The van der Waals surface area contributed by atoms with Gasteiger partial charge in [-0.1, -0.05) is 53.7 Å². The van der Waals surface area contributed by atoms with Crippen molar-refractivity contribution < 1.29 is 37.8 Å². The second-order valence-electron chi connectivity index (χ2n) is 11.8. The van der Waals surface area contributed by atoms with Gasteiger partial charge in [-0.3, -0.25) is 14.4 Å². The summed E-state index contributed by atoms with van der Waals surface area (Å²) in [6, 6.07) is 14.1. The summed E-state index contributed by atoms with van der Waals surface area (Å²) in [5.41, 5.74) is 0.947. The number of nitrogens with one attached hydrogen (secondary N) is 3. The Bertz CT molecular complexity index is 2050. The van der Waals surface area contributed by atoms with Gasteiger partial charge in [0.05, 0.1) is 27.5 Å². The monoisotopic (exact) mass is 681 g/mol. The molecule has 1 amide bonds. The molecule has 5 aromatic rings. The number of rotatable bonds is 5. The van der Waals surface area contributed by atoms with Crippen molar-refractivity contribution in [2.75, 3.05) is 5.32 Å². The summed E-state index contributed by atoms with van der Waals surface area (Å²) >= 11 is 0. The standard InChI is InChI=1S/2C12H12FNO2.C11H14FNO.CO2/c1-6(2)10-11(15)8-4-3-7(13)5-9(8)14-12(10)16;1-6(2)9-11(15)10-7(13)4-3-5-8(10)14-12(9)16;1-8(2)6-11(14)13-10-5-3-4-9(12)7-10;2-1-3/h2*3-6H,1-2H3,(H2,14,15,16);3-5,7-8H,6H2,1-2H3,(H,13,14);. The fraction of sp³-hybridized carbons (Fsp3) is 0.278. The maximum atomic E-state index is 13.5. The van der Waals surface area contributed by atoms with Crippen LogP contribution >= 0.6 is 0 Å². The van der Waals surface area contributed by atoms with E-state index in [2.05, 4.69) is 15.3 Å². The highest BCUT2D eigenvalue weighted by Crippen LogP contribution is 2.31. The van der Waals surface area contributed by atoms with E-state index in [1.807, 2.05) is 27.7 Å². The van der Waals surface area contributed by atoms with E-state index in [4.69, 9.17) is 9.59 Å². The van der Waals surface area contributed by atoms with Gasteiger partial charge in [0.2, 0.25) is 5.91 Å². The Morgan fingerprint density at radius 1 is 0.755 bits per heavy atom. The number of halogens is 3. The number of aromatic nitrogens is 2. The molecule has 0 aliphatic heterocycles. The third-order valence-electron chi connectivity index (χ3n) is 6.84. The van der Waals surface area contributed by atoms with Crippen LogP contribution in [0.5, 0.6) is 11.5 Å². The molecule has 2 heterocycles. The zero-order chi connectivity index (χ0) is 37.0. The number of aromatic amines is 2. The Labute approximate surface area is 279 Å². The summed E-state index contributed by atoms with van der Waals surface area (Å²) < 4.78 is 39.2. The van der Waals surface area contributed by atoms with Crippen molar-refractivity contribution in [2.45, 2.75) is 59.8 Å². The van der Waals surface area contributed by atoms with E-state index >= 15 is 0 Å². The summed E-state index contributed by atoms with van der Waals surface area (Å²) in [6.07, 6.45) is 0.705. The highest BCUT2D eigenvalue weighted by molar-refractivity contribution is 5.90. The van der Waals surface area contributed by atoms with Crippen LogP contribution in [-0.2, 0) is 14.4 Å². The largest absolute Gasteiger partial charge is 0.507 e. The average Bonchev–Trinajstić information content (AvgIpc) is 2.97. The molecule has 0 aliphatic carbocycles. The number of carbonyl (C=O) groups excluding carboxylic acids is 3. The molecule has 0 unspecified atom stereocenters. The highest BCUT2D eigenvalue weighted by atomic mass is 19.1. The Morgan fingerprint density at radius 2 is 1.29 bits per heavy atom. The lowest BCUT2D eigenvalue weighted by atomic mass is 10.0. The predicted molar refractivity (Wildman–Crippen MR) is 180 cm³/mol. The number of aromatic hydroxyl groups is 2. The van der Waals surface area contributed by atoms with Crippen LogP contribution < -0.4 is 16.4 Å². The summed E-state index contributed by atoms with van der Waals surface area (Å²) in [6.45, 7) is 11.1. The molecule has 260 valence electrons. The number of hydrogen-bond donors (Lipinski definition) is 5. The topological polar surface area (TPSA) is 169 Å². The summed E-state index contributed by atoms with van der Waals surface area (Å²) in [5, 5.41) is 23.0. The molecular weight excluding hydrogens is 643 g/mol. The quantitative estimate of drug-likeness (QED) is 0.130. The zero-order valence-corrected chi connectivity index (χ0v) is 27.8. The van der Waals surface area contributed by atoms with Crippen LogP contribution in [0.4, 0.5) is 18.9 Å². The molecular formula is C36H38F3N3O7. The number of pyridine rings is 2.